The molecule has 3 nitrogen and oxygen atoms in total. The maximum Gasteiger partial charge on any atom is 0.150 e. The SMILES string of the molecule is Cc1cc(C)c(CNCC2CCS(=O)(=O)C2)c(C)c1. The summed E-state index contributed by atoms with van der Waals surface area (Å²) in [5.41, 5.74) is 5.25. The molecule has 2 rings (SSSR count). The fraction of sp³-hybridized carbons (Fsp3) is 0.600. The Balaban J connectivity index is 1.90. The van der Waals surface area contributed by atoms with Gasteiger partial charge in [0.15, 0.2) is 9.84 Å². The second kappa shape index (κ2) is 5.63. The van der Waals surface area contributed by atoms with E-state index in [-0.39, 0.29) is 5.92 Å². The van der Waals surface area contributed by atoms with Gasteiger partial charge >= 0.3 is 0 Å². The first kappa shape index (κ1) is 14.5. The van der Waals surface area contributed by atoms with Crippen LogP contribution in [-0.2, 0) is 16.4 Å². The fourth-order valence-electron chi connectivity index (χ4n) is 2.92. The number of hydrogen-bond donors (Lipinski definition) is 1. The van der Waals surface area contributed by atoms with E-state index in [1.165, 1.54) is 22.3 Å². The van der Waals surface area contributed by atoms with Gasteiger partial charge in [0.05, 0.1) is 11.5 Å². The molecular formula is C15H23NO2S. The molecule has 0 amide bonds. The van der Waals surface area contributed by atoms with E-state index in [0.717, 1.165) is 19.5 Å². The Kier molecular flexibility index (Phi) is 4.31. The van der Waals surface area contributed by atoms with E-state index < -0.39 is 9.84 Å². The molecule has 1 aliphatic heterocycles. The molecule has 0 bridgehead atoms. The molecular weight excluding hydrogens is 258 g/mol. The monoisotopic (exact) mass is 281 g/mol. The lowest BCUT2D eigenvalue weighted by Gasteiger charge is -2.14. The second-order valence-corrected chi connectivity index (χ2v) is 8.01. The van der Waals surface area contributed by atoms with E-state index in [9.17, 15) is 8.42 Å². The first-order valence-electron chi connectivity index (χ1n) is 6.85. The molecule has 106 valence electrons. The van der Waals surface area contributed by atoms with Crippen LogP contribution in [-0.4, -0.2) is 26.5 Å². The lowest BCUT2D eigenvalue weighted by Crippen LogP contribution is -2.24. The van der Waals surface area contributed by atoms with Gasteiger partial charge in [-0.05, 0) is 56.3 Å². The summed E-state index contributed by atoms with van der Waals surface area (Å²) < 4.78 is 22.8. The molecule has 0 saturated carbocycles. The Labute approximate surface area is 116 Å². The van der Waals surface area contributed by atoms with Crippen molar-refractivity contribution in [2.75, 3.05) is 18.1 Å². The quantitative estimate of drug-likeness (QED) is 0.919. The summed E-state index contributed by atoms with van der Waals surface area (Å²) in [6, 6.07) is 4.40. The molecule has 1 atom stereocenters. The van der Waals surface area contributed by atoms with Crippen molar-refractivity contribution >= 4 is 9.84 Å². The minimum atomic E-state index is -2.75. The molecule has 19 heavy (non-hydrogen) atoms. The summed E-state index contributed by atoms with van der Waals surface area (Å²) >= 11 is 0. The second-order valence-electron chi connectivity index (χ2n) is 5.78. The first-order valence-corrected chi connectivity index (χ1v) is 8.67. The van der Waals surface area contributed by atoms with Crippen LogP contribution < -0.4 is 5.32 Å². The number of rotatable bonds is 4. The lowest BCUT2D eigenvalue weighted by molar-refractivity contribution is 0.519. The van der Waals surface area contributed by atoms with Crippen molar-refractivity contribution in [3.63, 3.8) is 0 Å². The van der Waals surface area contributed by atoms with Gasteiger partial charge in [0, 0.05) is 6.54 Å². The van der Waals surface area contributed by atoms with Crippen molar-refractivity contribution in [3.8, 4) is 0 Å². The zero-order valence-corrected chi connectivity index (χ0v) is 12.8. The third kappa shape index (κ3) is 3.80. The molecule has 0 aromatic heterocycles. The van der Waals surface area contributed by atoms with E-state index in [0.29, 0.717) is 11.5 Å². The Hall–Kier alpha value is -0.870. The third-order valence-corrected chi connectivity index (χ3v) is 5.74. The van der Waals surface area contributed by atoms with Crippen molar-refractivity contribution in [1.82, 2.24) is 5.32 Å². The maximum atomic E-state index is 11.4. The summed E-state index contributed by atoms with van der Waals surface area (Å²) in [6.45, 7) is 8.01. The molecule has 1 aromatic rings. The minimum Gasteiger partial charge on any atom is -0.312 e. The molecule has 1 unspecified atom stereocenters. The normalized spacial score (nSPS) is 21.7. The smallest absolute Gasteiger partial charge is 0.150 e. The van der Waals surface area contributed by atoms with Crippen molar-refractivity contribution in [1.29, 1.82) is 0 Å². The zero-order valence-electron chi connectivity index (χ0n) is 12.0. The van der Waals surface area contributed by atoms with Crippen LogP contribution in [0.5, 0.6) is 0 Å². The summed E-state index contributed by atoms with van der Waals surface area (Å²) in [5.74, 6) is 1.00. The number of hydrogen-bond acceptors (Lipinski definition) is 3. The Morgan fingerprint density at radius 2 is 1.84 bits per heavy atom. The fourth-order valence-corrected chi connectivity index (χ4v) is 4.78. The molecule has 0 aliphatic carbocycles. The topological polar surface area (TPSA) is 46.2 Å². The summed E-state index contributed by atoms with van der Waals surface area (Å²) in [4.78, 5) is 0. The molecule has 0 spiro atoms. The van der Waals surface area contributed by atoms with Gasteiger partial charge in [0.1, 0.15) is 0 Å². The molecule has 4 heteroatoms. The molecule has 1 aromatic carbocycles. The van der Waals surface area contributed by atoms with Crippen LogP contribution in [0.4, 0.5) is 0 Å². The first-order chi connectivity index (χ1) is 8.87. The van der Waals surface area contributed by atoms with Crippen molar-refractivity contribution in [2.24, 2.45) is 5.92 Å². The standard InChI is InChI=1S/C15H23NO2S/c1-11-6-12(2)15(13(3)7-11)9-16-8-14-4-5-19(17,18)10-14/h6-7,14,16H,4-5,8-10H2,1-3H3. The van der Waals surface area contributed by atoms with Gasteiger partial charge < -0.3 is 5.32 Å². The van der Waals surface area contributed by atoms with Gasteiger partial charge in [-0.3, -0.25) is 0 Å². The summed E-state index contributed by atoms with van der Waals surface area (Å²) in [5, 5.41) is 3.42. The Morgan fingerprint density at radius 1 is 1.21 bits per heavy atom. The maximum absolute atomic E-state index is 11.4. The molecule has 1 saturated heterocycles. The number of aryl methyl sites for hydroxylation is 3. The van der Waals surface area contributed by atoms with E-state index in [1.807, 2.05) is 0 Å². The highest BCUT2D eigenvalue weighted by Crippen LogP contribution is 2.19. The lowest BCUT2D eigenvalue weighted by atomic mass is 9.99. The van der Waals surface area contributed by atoms with E-state index >= 15 is 0 Å². The van der Waals surface area contributed by atoms with Crippen molar-refractivity contribution in [2.45, 2.75) is 33.7 Å². The van der Waals surface area contributed by atoms with Crippen molar-refractivity contribution in [3.05, 3.63) is 34.4 Å². The highest BCUT2D eigenvalue weighted by Gasteiger charge is 2.27. The van der Waals surface area contributed by atoms with Crippen LogP contribution in [0.2, 0.25) is 0 Å². The third-order valence-electron chi connectivity index (χ3n) is 3.90. The molecule has 0 radical (unpaired) electrons. The van der Waals surface area contributed by atoms with Crippen LogP contribution in [0.15, 0.2) is 12.1 Å². The van der Waals surface area contributed by atoms with Gasteiger partial charge in [0.25, 0.3) is 0 Å². The number of sulfone groups is 1. The van der Waals surface area contributed by atoms with Gasteiger partial charge in [-0.1, -0.05) is 17.7 Å². The van der Waals surface area contributed by atoms with Gasteiger partial charge in [-0.2, -0.15) is 0 Å². The van der Waals surface area contributed by atoms with E-state index in [1.54, 1.807) is 0 Å². The largest absolute Gasteiger partial charge is 0.312 e. The average Bonchev–Trinajstić information content (AvgIpc) is 2.62. The average molecular weight is 281 g/mol. The number of nitrogens with one attached hydrogen (secondary N) is 1. The van der Waals surface area contributed by atoms with Gasteiger partial charge in [-0.15, -0.1) is 0 Å². The van der Waals surface area contributed by atoms with Crippen LogP contribution >= 0.6 is 0 Å². The molecule has 1 N–H and O–H groups in total. The summed E-state index contributed by atoms with van der Waals surface area (Å²) in [6.07, 6.45) is 0.807. The van der Waals surface area contributed by atoms with Crippen LogP contribution in [0.3, 0.4) is 0 Å². The van der Waals surface area contributed by atoms with Gasteiger partial charge in [0.2, 0.25) is 0 Å². The highest BCUT2D eigenvalue weighted by molar-refractivity contribution is 7.91. The predicted octanol–water partition coefficient (Wildman–Crippen LogP) is 2.14. The van der Waals surface area contributed by atoms with Gasteiger partial charge in [-0.25, -0.2) is 8.42 Å². The zero-order chi connectivity index (χ0) is 14.0. The predicted molar refractivity (Wildman–Crippen MR) is 79.1 cm³/mol. The highest BCUT2D eigenvalue weighted by atomic mass is 32.2. The van der Waals surface area contributed by atoms with Crippen LogP contribution in [0.25, 0.3) is 0 Å². The van der Waals surface area contributed by atoms with Crippen LogP contribution in [0.1, 0.15) is 28.7 Å². The minimum absolute atomic E-state index is 0.288. The van der Waals surface area contributed by atoms with E-state index in [2.05, 4.69) is 38.2 Å². The van der Waals surface area contributed by atoms with Crippen molar-refractivity contribution < 1.29 is 8.42 Å². The Morgan fingerprint density at radius 3 is 2.37 bits per heavy atom. The van der Waals surface area contributed by atoms with E-state index in [4.69, 9.17) is 0 Å². The van der Waals surface area contributed by atoms with Crippen LogP contribution in [0, 0.1) is 26.7 Å². The summed E-state index contributed by atoms with van der Waals surface area (Å²) in [7, 11) is -2.75. The molecule has 1 fully saturated rings. The molecule has 1 heterocycles. The molecule has 1 aliphatic rings. The number of benzene rings is 1. The Bertz CT molecular complexity index is 541.